The van der Waals surface area contributed by atoms with Gasteiger partial charge in [0.25, 0.3) is 5.56 Å². The molecule has 1 aromatic carbocycles. The summed E-state index contributed by atoms with van der Waals surface area (Å²) in [5.41, 5.74) is 2.08. The van der Waals surface area contributed by atoms with Crippen molar-refractivity contribution in [1.82, 2.24) is 14.7 Å². The normalized spacial score (nSPS) is 10.5. The summed E-state index contributed by atoms with van der Waals surface area (Å²) in [5, 5.41) is 6.64. The van der Waals surface area contributed by atoms with Gasteiger partial charge in [0.2, 0.25) is 0 Å². The van der Waals surface area contributed by atoms with Crippen LogP contribution >= 0.6 is 12.2 Å². The number of hydrogen-bond acceptors (Lipinski definition) is 2. The van der Waals surface area contributed by atoms with Gasteiger partial charge in [-0.05, 0) is 37.7 Å². The fourth-order valence-corrected chi connectivity index (χ4v) is 2.45. The van der Waals surface area contributed by atoms with E-state index >= 15 is 0 Å². The minimum atomic E-state index is -0.106. The second-order valence-corrected chi connectivity index (χ2v) is 5.58. The predicted molar refractivity (Wildman–Crippen MR) is 94.9 cm³/mol. The molecule has 118 valence electrons. The van der Waals surface area contributed by atoms with E-state index in [1.54, 1.807) is 4.68 Å². The predicted octanol–water partition coefficient (Wildman–Crippen LogP) is 2.57. The molecule has 0 aliphatic rings. The van der Waals surface area contributed by atoms with E-state index in [9.17, 15) is 4.79 Å². The average molecular weight is 318 g/mol. The van der Waals surface area contributed by atoms with Crippen LogP contribution in [-0.4, -0.2) is 21.0 Å². The van der Waals surface area contributed by atoms with Crippen molar-refractivity contribution in [3.63, 3.8) is 0 Å². The fourth-order valence-electron chi connectivity index (χ4n) is 2.25. The zero-order valence-corrected chi connectivity index (χ0v) is 14.0. The smallest absolute Gasteiger partial charge is 0.295 e. The fraction of sp³-hybridized carbons (Fsp3) is 0.375. The van der Waals surface area contributed by atoms with Crippen LogP contribution in [0.1, 0.15) is 25.5 Å². The van der Waals surface area contributed by atoms with Gasteiger partial charge < -0.3 is 10.6 Å². The van der Waals surface area contributed by atoms with Gasteiger partial charge in [-0.3, -0.25) is 9.48 Å². The van der Waals surface area contributed by atoms with Crippen LogP contribution in [0.2, 0.25) is 0 Å². The summed E-state index contributed by atoms with van der Waals surface area (Å²) in [5.74, 6) is 0. The summed E-state index contributed by atoms with van der Waals surface area (Å²) in [6.45, 7) is 4.83. The van der Waals surface area contributed by atoms with Gasteiger partial charge in [-0.25, -0.2) is 4.68 Å². The highest BCUT2D eigenvalue weighted by atomic mass is 32.1. The standard InChI is InChI=1S/C16H22N4OS/c1-4-5-11-17-16(22)18-14-12(2)19(3)20(15(14)21)13-9-7-6-8-10-13/h6-10H,4-5,11H2,1-3H3,(H2,17,18,22). The number of hydrogen-bond donors (Lipinski definition) is 2. The van der Waals surface area contributed by atoms with Crippen molar-refractivity contribution in [2.24, 2.45) is 7.05 Å². The van der Waals surface area contributed by atoms with E-state index in [0.29, 0.717) is 10.8 Å². The number of aromatic nitrogens is 2. The van der Waals surface area contributed by atoms with Crippen LogP contribution in [0, 0.1) is 6.92 Å². The van der Waals surface area contributed by atoms with Gasteiger partial charge in [0.15, 0.2) is 5.11 Å². The topological polar surface area (TPSA) is 51.0 Å². The lowest BCUT2D eigenvalue weighted by atomic mass is 10.3. The number of anilines is 1. The Hall–Kier alpha value is -2.08. The molecule has 0 fully saturated rings. The first-order valence-corrected chi connectivity index (χ1v) is 7.86. The highest BCUT2D eigenvalue weighted by molar-refractivity contribution is 7.80. The molecule has 0 saturated heterocycles. The molecule has 2 N–H and O–H groups in total. The van der Waals surface area contributed by atoms with Gasteiger partial charge in [-0.1, -0.05) is 31.5 Å². The monoisotopic (exact) mass is 318 g/mol. The van der Waals surface area contributed by atoms with Gasteiger partial charge in [-0.15, -0.1) is 0 Å². The molecule has 6 heteroatoms. The number of benzene rings is 1. The molecule has 0 aliphatic heterocycles. The average Bonchev–Trinajstić information content (AvgIpc) is 2.72. The van der Waals surface area contributed by atoms with E-state index in [-0.39, 0.29) is 5.56 Å². The van der Waals surface area contributed by atoms with E-state index in [1.807, 2.05) is 49.0 Å². The van der Waals surface area contributed by atoms with Crippen molar-refractivity contribution in [3.05, 3.63) is 46.4 Å². The Kier molecular flexibility index (Phi) is 5.38. The Morgan fingerprint density at radius 2 is 1.95 bits per heavy atom. The number of nitrogens with one attached hydrogen (secondary N) is 2. The Bertz CT molecular complexity index is 703. The van der Waals surface area contributed by atoms with E-state index in [1.165, 1.54) is 0 Å². The zero-order valence-electron chi connectivity index (χ0n) is 13.2. The maximum absolute atomic E-state index is 12.7. The Morgan fingerprint density at radius 3 is 2.59 bits per heavy atom. The van der Waals surface area contributed by atoms with Gasteiger partial charge in [0, 0.05) is 13.6 Å². The molecule has 0 amide bonds. The van der Waals surface area contributed by atoms with Crippen molar-refractivity contribution >= 4 is 23.0 Å². The van der Waals surface area contributed by atoms with Crippen LogP contribution < -0.4 is 16.2 Å². The molecule has 0 saturated carbocycles. The highest BCUT2D eigenvalue weighted by Gasteiger charge is 2.16. The molecule has 0 bridgehead atoms. The summed E-state index contributed by atoms with van der Waals surface area (Å²) < 4.78 is 3.46. The van der Waals surface area contributed by atoms with Crippen molar-refractivity contribution < 1.29 is 0 Å². The van der Waals surface area contributed by atoms with Gasteiger partial charge in [0.05, 0.1) is 11.4 Å². The molecule has 0 atom stereocenters. The lowest BCUT2D eigenvalue weighted by molar-refractivity contribution is 0.630. The molecule has 0 unspecified atom stereocenters. The molecule has 2 rings (SSSR count). The summed E-state index contributed by atoms with van der Waals surface area (Å²) in [4.78, 5) is 12.7. The minimum absolute atomic E-state index is 0.106. The first-order chi connectivity index (χ1) is 10.6. The van der Waals surface area contributed by atoms with Crippen LogP contribution in [0.25, 0.3) is 5.69 Å². The molecular weight excluding hydrogens is 296 g/mol. The van der Waals surface area contributed by atoms with Crippen LogP contribution in [0.3, 0.4) is 0 Å². The summed E-state index contributed by atoms with van der Waals surface area (Å²) in [6.07, 6.45) is 2.14. The van der Waals surface area contributed by atoms with Gasteiger partial charge in [-0.2, -0.15) is 0 Å². The molecule has 0 aliphatic carbocycles. The van der Waals surface area contributed by atoms with E-state index < -0.39 is 0 Å². The number of para-hydroxylation sites is 1. The van der Waals surface area contributed by atoms with E-state index in [4.69, 9.17) is 12.2 Å². The Labute approximate surface area is 135 Å². The molecule has 5 nitrogen and oxygen atoms in total. The lowest BCUT2D eigenvalue weighted by Crippen LogP contribution is -2.31. The molecule has 2 aromatic rings. The zero-order chi connectivity index (χ0) is 16.1. The van der Waals surface area contributed by atoms with Crippen LogP contribution in [0.5, 0.6) is 0 Å². The van der Waals surface area contributed by atoms with E-state index in [0.717, 1.165) is 30.8 Å². The maximum atomic E-state index is 12.7. The van der Waals surface area contributed by atoms with Crippen molar-refractivity contribution in [2.75, 3.05) is 11.9 Å². The Balaban J connectivity index is 2.27. The summed E-state index contributed by atoms with van der Waals surface area (Å²) in [6, 6.07) is 9.56. The molecular formula is C16H22N4OS. The number of nitrogens with zero attached hydrogens (tertiary/aromatic N) is 2. The van der Waals surface area contributed by atoms with Crippen molar-refractivity contribution in [2.45, 2.75) is 26.7 Å². The minimum Gasteiger partial charge on any atom is -0.362 e. The maximum Gasteiger partial charge on any atom is 0.295 e. The molecule has 22 heavy (non-hydrogen) atoms. The second-order valence-electron chi connectivity index (χ2n) is 5.17. The Morgan fingerprint density at radius 1 is 1.27 bits per heavy atom. The van der Waals surface area contributed by atoms with E-state index in [2.05, 4.69) is 17.6 Å². The largest absolute Gasteiger partial charge is 0.362 e. The SMILES string of the molecule is CCCCNC(=S)Nc1c(C)n(C)n(-c2ccccc2)c1=O. The quantitative estimate of drug-likeness (QED) is 0.657. The van der Waals surface area contributed by atoms with Crippen LogP contribution in [0.4, 0.5) is 5.69 Å². The third-order valence-electron chi connectivity index (χ3n) is 3.61. The summed E-state index contributed by atoms with van der Waals surface area (Å²) in [7, 11) is 1.86. The third-order valence-corrected chi connectivity index (χ3v) is 3.86. The second kappa shape index (κ2) is 7.26. The highest BCUT2D eigenvalue weighted by Crippen LogP contribution is 2.13. The number of thiocarbonyl (C=S) groups is 1. The molecule has 0 radical (unpaired) electrons. The van der Waals surface area contributed by atoms with Gasteiger partial charge in [0.1, 0.15) is 5.69 Å². The van der Waals surface area contributed by atoms with Crippen molar-refractivity contribution in [1.29, 1.82) is 0 Å². The molecule has 1 aromatic heterocycles. The number of rotatable bonds is 5. The first kappa shape index (κ1) is 16.3. The summed E-state index contributed by atoms with van der Waals surface area (Å²) >= 11 is 5.26. The van der Waals surface area contributed by atoms with Crippen molar-refractivity contribution in [3.8, 4) is 5.69 Å². The third kappa shape index (κ3) is 3.39. The molecule has 0 spiro atoms. The number of unbranched alkanes of at least 4 members (excludes halogenated alkanes) is 1. The lowest BCUT2D eigenvalue weighted by Gasteiger charge is -2.08. The first-order valence-electron chi connectivity index (χ1n) is 7.45. The van der Waals surface area contributed by atoms with Crippen LogP contribution in [-0.2, 0) is 7.05 Å². The van der Waals surface area contributed by atoms with Crippen LogP contribution in [0.15, 0.2) is 35.1 Å². The van der Waals surface area contributed by atoms with Gasteiger partial charge >= 0.3 is 0 Å². The molecule has 1 heterocycles.